The lowest BCUT2D eigenvalue weighted by molar-refractivity contribution is 0.103. The van der Waals surface area contributed by atoms with Gasteiger partial charge in [-0.05, 0) is 42.7 Å². The Labute approximate surface area is 122 Å². The molecule has 1 nitrogen and oxygen atoms in total. The zero-order valence-electron chi connectivity index (χ0n) is 11.0. The van der Waals surface area contributed by atoms with Crippen LogP contribution in [0.5, 0.6) is 0 Å². The SMILES string of the molecule is CCCCc1ccc(C(=O)c2ccc(Br)cc2)cc1. The Kier molecular flexibility index (Phi) is 4.92. The minimum atomic E-state index is 0.0783. The van der Waals surface area contributed by atoms with Crippen molar-refractivity contribution >= 4 is 21.7 Å². The standard InChI is InChI=1S/C17H17BrO/c1-2-3-4-13-5-7-14(8-6-13)17(19)15-9-11-16(18)12-10-15/h5-12H,2-4H2,1H3. The molecule has 0 aliphatic rings. The number of unbranched alkanes of at least 4 members (excludes halogenated alkanes) is 1. The largest absolute Gasteiger partial charge is 0.289 e. The fourth-order valence-electron chi connectivity index (χ4n) is 1.97. The molecule has 0 heterocycles. The number of carbonyl (C=O) groups is 1. The zero-order chi connectivity index (χ0) is 13.7. The molecule has 0 N–H and O–H groups in total. The van der Waals surface area contributed by atoms with Gasteiger partial charge >= 0.3 is 0 Å². The van der Waals surface area contributed by atoms with E-state index in [-0.39, 0.29) is 5.78 Å². The van der Waals surface area contributed by atoms with Crippen LogP contribution in [-0.4, -0.2) is 5.78 Å². The van der Waals surface area contributed by atoms with Gasteiger partial charge in [0.25, 0.3) is 0 Å². The van der Waals surface area contributed by atoms with Gasteiger partial charge in [0.1, 0.15) is 0 Å². The Morgan fingerprint density at radius 3 is 2.00 bits per heavy atom. The van der Waals surface area contributed by atoms with Crippen molar-refractivity contribution in [3.8, 4) is 0 Å². The van der Waals surface area contributed by atoms with Gasteiger partial charge in [0.05, 0.1) is 0 Å². The average Bonchev–Trinajstić information content (AvgIpc) is 2.46. The van der Waals surface area contributed by atoms with E-state index < -0.39 is 0 Å². The predicted octanol–water partition coefficient (Wildman–Crippen LogP) is 5.02. The van der Waals surface area contributed by atoms with E-state index in [9.17, 15) is 4.79 Å². The third-order valence-corrected chi connectivity index (χ3v) is 3.67. The van der Waals surface area contributed by atoms with E-state index in [4.69, 9.17) is 0 Å². The van der Waals surface area contributed by atoms with Crippen molar-refractivity contribution in [2.45, 2.75) is 26.2 Å². The molecule has 0 aliphatic carbocycles. The number of hydrogen-bond donors (Lipinski definition) is 0. The highest BCUT2D eigenvalue weighted by Gasteiger charge is 2.08. The first kappa shape index (κ1) is 14.0. The number of hydrogen-bond acceptors (Lipinski definition) is 1. The maximum Gasteiger partial charge on any atom is 0.193 e. The number of benzene rings is 2. The second-order valence-electron chi connectivity index (χ2n) is 4.64. The quantitative estimate of drug-likeness (QED) is 0.708. The molecule has 0 bridgehead atoms. The van der Waals surface area contributed by atoms with E-state index >= 15 is 0 Å². The van der Waals surface area contributed by atoms with Crippen molar-refractivity contribution in [3.63, 3.8) is 0 Å². The van der Waals surface area contributed by atoms with Crippen LogP contribution in [0.25, 0.3) is 0 Å². The second-order valence-corrected chi connectivity index (χ2v) is 5.55. The molecular formula is C17H17BrO. The van der Waals surface area contributed by atoms with Gasteiger partial charge in [-0.25, -0.2) is 0 Å². The average molecular weight is 317 g/mol. The summed E-state index contributed by atoms with van der Waals surface area (Å²) in [4.78, 5) is 12.3. The van der Waals surface area contributed by atoms with Crippen LogP contribution in [-0.2, 0) is 6.42 Å². The number of rotatable bonds is 5. The van der Waals surface area contributed by atoms with E-state index in [1.54, 1.807) is 0 Å². The number of aryl methyl sites for hydroxylation is 1. The van der Waals surface area contributed by atoms with E-state index in [0.717, 1.165) is 22.0 Å². The van der Waals surface area contributed by atoms with Crippen LogP contribution < -0.4 is 0 Å². The molecule has 0 atom stereocenters. The lowest BCUT2D eigenvalue weighted by Crippen LogP contribution is -2.01. The Balaban J connectivity index is 2.13. The number of ketones is 1. The number of carbonyl (C=O) groups excluding carboxylic acids is 1. The third-order valence-electron chi connectivity index (χ3n) is 3.14. The van der Waals surface area contributed by atoms with E-state index in [1.165, 1.54) is 18.4 Å². The summed E-state index contributed by atoms with van der Waals surface area (Å²) in [6, 6.07) is 15.4. The van der Waals surface area contributed by atoms with Crippen LogP contribution in [0, 0.1) is 0 Å². The highest BCUT2D eigenvalue weighted by atomic mass is 79.9. The van der Waals surface area contributed by atoms with Gasteiger partial charge in [-0.15, -0.1) is 0 Å². The molecule has 0 spiro atoms. The first-order valence-corrected chi connectivity index (χ1v) is 7.39. The summed E-state index contributed by atoms with van der Waals surface area (Å²) in [7, 11) is 0. The van der Waals surface area contributed by atoms with Crippen LogP contribution in [0.2, 0.25) is 0 Å². The summed E-state index contributed by atoms with van der Waals surface area (Å²) in [6.45, 7) is 2.19. The monoisotopic (exact) mass is 316 g/mol. The molecule has 2 aromatic carbocycles. The molecule has 2 rings (SSSR count). The molecule has 0 saturated carbocycles. The topological polar surface area (TPSA) is 17.1 Å². The molecule has 0 radical (unpaired) electrons. The fraction of sp³-hybridized carbons (Fsp3) is 0.235. The van der Waals surface area contributed by atoms with E-state index in [2.05, 4.69) is 35.0 Å². The van der Waals surface area contributed by atoms with Gasteiger partial charge in [0, 0.05) is 15.6 Å². The summed E-state index contributed by atoms with van der Waals surface area (Å²) in [6.07, 6.45) is 3.48. The summed E-state index contributed by atoms with van der Waals surface area (Å²) in [5.41, 5.74) is 2.78. The molecule has 0 amide bonds. The molecule has 0 unspecified atom stereocenters. The van der Waals surface area contributed by atoms with Crippen molar-refractivity contribution in [2.24, 2.45) is 0 Å². The molecule has 2 heteroatoms. The first-order chi connectivity index (χ1) is 9.20. The van der Waals surface area contributed by atoms with E-state index in [1.807, 2.05) is 36.4 Å². The van der Waals surface area contributed by atoms with Crippen LogP contribution in [0.3, 0.4) is 0 Å². The summed E-state index contributed by atoms with van der Waals surface area (Å²) < 4.78 is 0.985. The van der Waals surface area contributed by atoms with Gasteiger partial charge in [-0.1, -0.05) is 53.5 Å². The summed E-state index contributed by atoms with van der Waals surface area (Å²) >= 11 is 3.37. The molecule has 19 heavy (non-hydrogen) atoms. The van der Waals surface area contributed by atoms with Gasteiger partial charge in [-0.3, -0.25) is 4.79 Å². The minimum absolute atomic E-state index is 0.0783. The molecule has 0 saturated heterocycles. The number of halogens is 1. The Bertz CT molecular complexity index is 540. The van der Waals surface area contributed by atoms with Crippen molar-refractivity contribution in [1.82, 2.24) is 0 Å². The van der Waals surface area contributed by atoms with Crippen LogP contribution in [0.1, 0.15) is 41.3 Å². The van der Waals surface area contributed by atoms with Crippen LogP contribution in [0.4, 0.5) is 0 Å². The Morgan fingerprint density at radius 2 is 1.47 bits per heavy atom. The molecule has 0 aromatic heterocycles. The third kappa shape index (κ3) is 3.77. The van der Waals surface area contributed by atoms with E-state index in [0.29, 0.717) is 0 Å². The van der Waals surface area contributed by atoms with Crippen molar-refractivity contribution < 1.29 is 4.79 Å². The second kappa shape index (κ2) is 6.67. The lowest BCUT2D eigenvalue weighted by atomic mass is 10.0. The molecule has 0 aliphatic heterocycles. The van der Waals surface area contributed by atoms with Gasteiger partial charge in [0.15, 0.2) is 5.78 Å². The Hall–Kier alpha value is -1.41. The van der Waals surface area contributed by atoms with Crippen LogP contribution in [0.15, 0.2) is 53.0 Å². The molecule has 2 aromatic rings. The predicted molar refractivity (Wildman–Crippen MR) is 82.6 cm³/mol. The Morgan fingerprint density at radius 1 is 0.947 bits per heavy atom. The van der Waals surface area contributed by atoms with Crippen LogP contribution >= 0.6 is 15.9 Å². The summed E-state index contributed by atoms with van der Waals surface area (Å²) in [5, 5.41) is 0. The normalized spacial score (nSPS) is 10.4. The van der Waals surface area contributed by atoms with Crippen molar-refractivity contribution in [3.05, 3.63) is 69.7 Å². The first-order valence-electron chi connectivity index (χ1n) is 6.60. The smallest absolute Gasteiger partial charge is 0.193 e. The van der Waals surface area contributed by atoms with Gasteiger partial charge in [-0.2, -0.15) is 0 Å². The molecular weight excluding hydrogens is 300 g/mol. The molecule has 0 fully saturated rings. The van der Waals surface area contributed by atoms with Crippen molar-refractivity contribution in [2.75, 3.05) is 0 Å². The maximum atomic E-state index is 12.3. The lowest BCUT2D eigenvalue weighted by Gasteiger charge is -2.04. The summed E-state index contributed by atoms with van der Waals surface area (Å²) in [5.74, 6) is 0.0783. The highest BCUT2D eigenvalue weighted by molar-refractivity contribution is 9.10. The fourth-order valence-corrected chi connectivity index (χ4v) is 2.24. The van der Waals surface area contributed by atoms with Gasteiger partial charge in [0.2, 0.25) is 0 Å². The van der Waals surface area contributed by atoms with Crippen molar-refractivity contribution in [1.29, 1.82) is 0 Å². The zero-order valence-corrected chi connectivity index (χ0v) is 12.6. The van der Waals surface area contributed by atoms with Gasteiger partial charge < -0.3 is 0 Å². The highest BCUT2D eigenvalue weighted by Crippen LogP contribution is 2.15. The maximum absolute atomic E-state index is 12.3. The molecule has 98 valence electrons. The minimum Gasteiger partial charge on any atom is -0.289 e.